The minimum Gasteiger partial charge on any atom is -0.297 e. The van der Waals surface area contributed by atoms with Crippen LogP contribution in [0, 0.1) is 5.82 Å². The maximum atomic E-state index is 12.9. The van der Waals surface area contributed by atoms with Gasteiger partial charge in [-0.25, -0.2) is 9.18 Å². The van der Waals surface area contributed by atoms with Crippen molar-refractivity contribution in [1.29, 1.82) is 0 Å². The summed E-state index contributed by atoms with van der Waals surface area (Å²) in [5.74, 6) is -1.06. The normalized spacial score (nSPS) is 11.8. The van der Waals surface area contributed by atoms with E-state index >= 15 is 0 Å². The standard InChI is InChI=1S/C11H12ClFN2O2/c1-7(12)10(16)14-11(17)15(2)9-5-3-4-8(13)6-9/h3-7H,1-2H3,(H,14,16,17). The molecule has 0 fully saturated rings. The average molecular weight is 259 g/mol. The summed E-state index contributed by atoms with van der Waals surface area (Å²) in [5, 5.41) is 1.29. The highest BCUT2D eigenvalue weighted by Gasteiger charge is 2.17. The highest BCUT2D eigenvalue weighted by molar-refractivity contribution is 6.31. The van der Waals surface area contributed by atoms with E-state index in [4.69, 9.17) is 11.6 Å². The van der Waals surface area contributed by atoms with Gasteiger partial charge in [0.1, 0.15) is 11.2 Å². The largest absolute Gasteiger partial charge is 0.328 e. The SMILES string of the molecule is CC(Cl)C(=O)NC(=O)N(C)c1cccc(F)c1. The first-order valence-corrected chi connectivity index (χ1v) is 5.33. The second kappa shape index (κ2) is 5.63. The molecule has 1 rings (SSSR count). The monoisotopic (exact) mass is 258 g/mol. The summed E-state index contributed by atoms with van der Waals surface area (Å²) in [6, 6.07) is 4.82. The van der Waals surface area contributed by atoms with Crippen molar-refractivity contribution < 1.29 is 14.0 Å². The van der Waals surface area contributed by atoms with E-state index in [9.17, 15) is 14.0 Å². The van der Waals surface area contributed by atoms with Gasteiger partial charge in [0.05, 0.1) is 0 Å². The number of carbonyl (C=O) groups is 2. The molecule has 0 saturated carbocycles. The molecule has 1 atom stereocenters. The van der Waals surface area contributed by atoms with Crippen molar-refractivity contribution >= 4 is 29.2 Å². The van der Waals surface area contributed by atoms with Gasteiger partial charge in [0.2, 0.25) is 5.91 Å². The first kappa shape index (κ1) is 13.4. The van der Waals surface area contributed by atoms with Crippen molar-refractivity contribution in [2.24, 2.45) is 0 Å². The van der Waals surface area contributed by atoms with E-state index < -0.39 is 23.1 Å². The van der Waals surface area contributed by atoms with E-state index in [-0.39, 0.29) is 0 Å². The Morgan fingerprint density at radius 1 is 1.47 bits per heavy atom. The van der Waals surface area contributed by atoms with Crippen LogP contribution in [0.4, 0.5) is 14.9 Å². The highest BCUT2D eigenvalue weighted by Crippen LogP contribution is 2.13. The van der Waals surface area contributed by atoms with Gasteiger partial charge in [-0.2, -0.15) is 0 Å². The summed E-state index contributed by atoms with van der Waals surface area (Å²) in [7, 11) is 1.43. The summed E-state index contributed by atoms with van der Waals surface area (Å²) in [5.41, 5.74) is 0.345. The Bertz CT molecular complexity index is 437. The lowest BCUT2D eigenvalue weighted by Crippen LogP contribution is -2.43. The van der Waals surface area contributed by atoms with Gasteiger partial charge in [-0.1, -0.05) is 6.07 Å². The van der Waals surface area contributed by atoms with Crippen molar-refractivity contribution in [1.82, 2.24) is 5.32 Å². The van der Waals surface area contributed by atoms with Gasteiger partial charge in [0.25, 0.3) is 0 Å². The van der Waals surface area contributed by atoms with E-state index in [0.717, 1.165) is 4.90 Å². The Hall–Kier alpha value is -1.62. The molecule has 0 aliphatic rings. The number of urea groups is 1. The second-order valence-corrected chi connectivity index (χ2v) is 4.10. The number of anilines is 1. The number of halogens is 2. The average Bonchev–Trinajstić information content (AvgIpc) is 2.27. The van der Waals surface area contributed by atoms with E-state index in [0.29, 0.717) is 5.69 Å². The third-order valence-electron chi connectivity index (χ3n) is 2.09. The molecule has 0 bridgehead atoms. The van der Waals surface area contributed by atoms with Gasteiger partial charge in [-0.3, -0.25) is 15.0 Å². The van der Waals surface area contributed by atoms with Crippen LogP contribution < -0.4 is 10.2 Å². The number of carbonyl (C=O) groups excluding carboxylic acids is 2. The molecule has 0 aromatic heterocycles. The van der Waals surface area contributed by atoms with Crippen molar-refractivity contribution in [3.05, 3.63) is 30.1 Å². The van der Waals surface area contributed by atoms with Crippen LogP contribution in [-0.4, -0.2) is 24.4 Å². The molecule has 0 heterocycles. The number of imide groups is 1. The Labute approximate surface area is 103 Å². The molecule has 4 nitrogen and oxygen atoms in total. The molecule has 0 radical (unpaired) electrons. The van der Waals surface area contributed by atoms with Crippen molar-refractivity contribution in [2.45, 2.75) is 12.3 Å². The van der Waals surface area contributed by atoms with Crippen LogP contribution in [0.15, 0.2) is 24.3 Å². The molecule has 0 aliphatic carbocycles. The number of alkyl halides is 1. The number of nitrogens with zero attached hydrogens (tertiary/aromatic N) is 1. The zero-order chi connectivity index (χ0) is 13.0. The summed E-state index contributed by atoms with van der Waals surface area (Å²) >= 11 is 5.51. The predicted molar refractivity (Wildman–Crippen MR) is 63.7 cm³/mol. The lowest BCUT2D eigenvalue weighted by atomic mass is 10.3. The molecule has 0 aliphatic heterocycles. The van der Waals surface area contributed by atoms with Crippen LogP contribution in [0.3, 0.4) is 0 Å². The number of amides is 3. The van der Waals surface area contributed by atoms with Crippen LogP contribution in [0.2, 0.25) is 0 Å². The first-order valence-electron chi connectivity index (χ1n) is 4.90. The van der Waals surface area contributed by atoms with Crippen LogP contribution in [0.1, 0.15) is 6.92 Å². The van der Waals surface area contributed by atoms with E-state index in [2.05, 4.69) is 5.32 Å². The molecule has 0 saturated heterocycles. The van der Waals surface area contributed by atoms with Crippen LogP contribution >= 0.6 is 11.6 Å². The molecular weight excluding hydrogens is 247 g/mol. The lowest BCUT2D eigenvalue weighted by Gasteiger charge is -2.17. The van der Waals surface area contributed by atoms with Gasteiger partial charge < -0.3 is 0 Å². The van der Waals surface area contributed by atoms with Crippen LogP contribution in [0.5, 0.6) is 0 Å². The molecule has 17 heavy (non-hydrogen) atoms. The third-order valence-corrected chi connectivity index (χ3v) is 2.29. The van der Waals surface area contributed by atoms with E-state index in [1.807, 2.05) is 0 Å². The molecule has 0 spiro atoms. The summed E-state index contributed by atoms with van der Waals surface area (Å²) < 4.78 is 12.9. The summed E-state index contributed by atoms with van der Waals surface area (Å²) in [6.45, 7) is 1.45. The fraction of sp³-hybridized carbons (Fsp3) is 0.273. The molecule has 1 N–H and O–H groups in total. The van der Waals surface area contributed by atoms with E-state index in [1.54, 1.807) is 6.07 Å². The number of hydrogen-bond donors (Lipinski definition) is 1. The van der Waals surface area contributed by atoms with Gasteiger partial charge in [0, 0.05) is 12.7 Å². The topological polar surface area (TPSA) is 49.4 Å². The Morgan fingerprint density at radius 3 is 2.65 bits per heavy atom. The lowest BCUT2D eigenvalue weighted by molar-refractivity contribution is -0.119. The first-order chi connectivity index (χ1) is 7.91. The minimum absolute atomic E-state index is 0.345. The second-order valence-electron chi connectivity index (χ2n) is 3.45. The van der Waals surface area contributed by atoms with Crippen molar-refractivity contribution in [2.75, 3.05) is 11.9 Å². The summed E-state index contributed by atoms with van der Waals surface area (Å²) in [4.78, 5) is 23.9. The molecule has 1 unspecified atom stereocenters. The Balaban J connectivity index is 2.73. The number of nitrogens with one attached hydrogen (secondary N) is 1. The van der Waals surface area contributed by atoms with Gasteiger partial charge in [-0.05, 0) is 25.1 Å². The van der Waals surface area contributed by atoms with Crippen LogP contribution in [0.25, 0.3) is 0 Å². The number of benzene rings is 1. The predicted octanol–water partition coefficient (Wildman–Crippen LogP) is 2.13. The smallest absolute Gasteiger partial charge is 0.297 e. The quantitative estimate of drug-likeness (QED) is 0.826. The van der Waals surface area contributed by atoms with Crippen molar-refractivity contribution in [3.63, 3.8) is 0 Å². The van der Waals surface area contributed by atoms with Crippen LogP contribution in [-0.2, 0) is 4.79 Å². The fourth-order valence-electron chi connectivity index (χ4n) is 1.09. The number of rotatable bonds is 2. The maximum absolute atomic E-state index is 12.9. The fourth-order valence-corrected chi connectivity index (χ4v) is 1.15. The third kappa shape index (κ3) is 3.71. The Kier molecular flexibility index (Phi) is 4.45. The Morgan fingerprint density at radius 2 is 2.12 bits per heavy atom. The van der Waals surface area contributed by atoms with Crippen molar-refractivity contribution in [3.8, 4) is 0 Å². The molecule has 3 amide bonds. The van der Waals surface area contributed by atoms with Gasteiger partial charge >= 0.3 is 6.03 Å². The maximum Gasteiger partial charge on any atom is 0.328 e. The molecular formula is C11H12ClFN2O2. The minimum atomic E-state index is -0.806. The zero-order valence-corrected chi connectivity index (χ0v) is 10.2. The number of hydrogen-bond acceptors (Lipinski definition) is 2. The molecule has 1 aromatic carbocycles. The molecule has 92 valence electrons. The van der Waals surface area contributed by atoms with Gasteiger partial charge in [0.15, 0.2) is 0 Å². The van der Waals surface area contributed by atoms with E-state index in [1.165, 1.54) is 32.2 Å². The zero-order valence-electron chi connectivity index (χ0n) is 9.41. The highest BCUT2D eigenvalue weighted by atomic mass is 35.5. The summed E-state index contributed by atoms with van der Waals surface area (Å²) in [6.07, 6.45) is 0. The molecule has 1 aromatic rings. The molecule has 6 heteroatoms. The van der Waals surface area contributed by atoms with Gasteiger partial charge in [-0.15, -0.1) is 11.6 Å².